The number of hydrogen-bond acceptors (Lipinski definition) is 4. The summed E-state index contributed by atoms with van der Waals surface area (Å²) < 4.78 is 7.90. The molecule has 0 saturated heterocycles. The SMILES string of the molecule is CCc1nnc2n1CCN(C(=O)[C@H]1Cc3cc(Cl)ccc3O1)C2. The van der Waals surface area contributed by atoms with E-state index in [1.165, 1.54) is 0 Å². The van der Waals surface area contributed by atoms with Crippen molar-refractivity contribution in [2.45, 2.75) is 39.0 Å². The maximum Gasteiger partial charge on any atom is 0.264 e. The van der Waals surface area contributed by atoms with Crippen molar-refractivity contribution in [1.29, 1.82) is 0 Å². The highest BCUT2D eigenvalue weighted by molar-refractivity contribution is 6.30. The second-order valence-electron chi connectivity index (χ2n) is 5.86. The Morgan fingerprint density at radius 1 is 1.39 bits per heavy atom. The van der Waals surface area contributed by atoms with E-state index < -0.39 is 6.10 Å². The van der Waals surface area contributed by atoms with E-state index >= 15 is 0 Å². The predicted molar refractivity (Wildman–Crippen MR) is 84.4 cm³/mol. The number of halogens is 1. The van der Waals surface area contributed by atoms with E-state index in [-0.39, 0.29) is 5.91 Å². The minimum absolute atomic E-state index is 0.00428. The van der Waals surface area contributed by atoms with Crippen LogP contribution in [0.4, 0.5) is 0 Å². The number of carbonyl (C=O) groups excluding carboxylic acids is 1. The van der Waals surface area contributed by atoms with Crippen LogP contribution in [0.1, 0.15) is 24.1 Å². The second kappa shape index (κ2) is 5.53. The van der Waals surface area contributed by atoms with Gasteiger partial charge in [0.05, 0.1) is 6.54 Å². The molecule has 23 heavy (non-hydrogen) atoms. The number of amides is 1. The highest BCUT2D eigenvalue weighted by atomic mass is 35.5. The summed E-state index contributed by atoms with van der Waals surface area (Å²) in [4.78, 5) is 14.6. The van der Waals surface area contributed by atoms with Gasteiger partial charge < -0.3 is 14.2 Å². The minimum atomic E-state index is -0.469. The van der Waals surface area contributed by atoms with Crippen LogP contribution in [0, 0.1) is 0 Å². The van der Waals surface area contributed by atoms with Gasteiger partial charge in [0, 0.05) is 31.0 Å². The standard InChI is InChI=1S/C16H17ClN4O2/c1-2-14-18-19-15-9-20(5-6-21(14)15)16(22)13-8-10-7-11(17)3-4-12(10)23-13/h3-4,7,13H,2,5-6,8-9H2,1H3/t13-/m1/s1. The number of hydrogen-bond donors (Lipinski definition) is 0. The topological polar surface area (TPSA) is 60.2 Å². The van der Waals surface area contributed by atoms with Crippen LogP contribution < -0.4 is 4.74 Å². The van der Waals surface area contributed by atoms with Crippen molar-refractivity contribution in [3.8, 4) is 5.75 Å². The van der Waals surface area contributed by atoms with Gasteiger partial charge in [0.2, 0.25) is 0 Å². The fraction of sp³-hybridized carbons (Fsp3) is 0.438. The largest absolute Gasteiger partial charge is 0.480 e. The summed E-state index contributed by atoms with van der Waals surface area (Å²) in [6, 6.07) is 5.47. The number of aryl methyl sites for hydroxylation is 1. The van der Waals surface area contributed by atoms with Gasteiger partial charge in [-0.3, -0.25) is 4.79 Å². The maximum absolute atomic E-state index is 12.8. The lowest BCUT2D eigenvalue weighted by molar-refractivity contribution is -0.139. The van der Waals surface area contributed by atoms with Crippen LogP contribution in [-0.2, 0) is 30.7 Å². The van der Waals surface area contributed by atoms with Crippen molar-refractivity contribution in [3.05, 3.63) is 40.4 Å². The van der Waals surface area contributed by atoms with E-state index in [0.717, 1.165) is 35.9 Å². The molecule has 0 N–H and O–H groups in total. The van der Waals surface area contributed by atoms with E-state index in [1.54, 1.807) is 6.07 Å². The Kier molecular flexibility index (Phi) is 3.49. The number of carbonyl (C=O) groups is 1. The van der Waals surface area contributed by atoms with Crippen molar-refractivity contribution in [1.82, 2.24) is 19.7 Å². The van der Waals surface area contributed by atoms with E-state index in [1.807, 2.05) is 17.0 Å². The van der Waals surface area contributed by atoms with Gasteiger partial charge in [-0.05, 0) is 23.8 Å². The zero-order chi connectivity index (χ0) is 16.0. The number of rotatable bonds is 2. The lowest BCUT2D eigenvalue weighted by atomic mass is 10.1. The molecule has 0 saturated carbocycles. The zero-order valence-electron chi connectivity index (χ0n) is 12.8. The van der Waals surface area contributed by atoms with Gasteiger partial charge in [-0.25, -0.2) is 0 Å². The Bertz CT molecular complexity index is 773. The second-order valence-corrected chi connectivity index (χ2v) is 6.30. The highest BCUT2D eigenvalue weighted by Gasteiger charge is 2.34. The predicted octanol–water partition coefficient (Wildman–Crippen LogP) is 1.84. The fourth-order valence-corrected chi connectivity index (χ4v) is 3.42. The van der Waals surface area contributed by atoms with Crippen molar-refractivity contribution in [3.63, 3.8) is 0 Å². The molecule has 1 amide bonds. The molecule has 120 valence electrons. The first-order valence-corrected chi connectivity index (χ1v) is 8.18. The molecule has 1 aromatic carbocycles. The molecular formula is C16H17ClN4O2. The van der Waals surface area contributed by atoms with E-state index in [0.29, 0.717) is 24.5 Å². The van der Waals surface area contributed by atoms with Crippen molar-refractivity contribution in [2.24, 2.45) is 0 Å². The summed E-state index contributed by atoms with van der Waals surface area (Å²) >= 11 is 6.00. The van der Waals surface area contributed by atoms with Gasteiger partial charge in [-0.1, -0.05) is 18.5 Å². The van der Waals surface area contributed by atoms with Gasteiger partial charge in [0.1, 0.15) is 11.6 Å². The molecule has 3 heterocycles. The highest BCUT2D eigenvalue weighted by Crippen LogP contribution is 2.32. The molecule has 0 spiro atoms. The fourth-order valence-electron chi connectivity index (χ4n) is 3.23. The van der Waals surface area contributed by atoms with Crippen LogP contribution in [0.5, 0.6) is 5.75 Å². The van der Waals surface area contributed by atoms with Gasteiger partial charge in [0.15, 0.2) is 11.9 Å². The average Bonchev–Trinajstić information content (AvgIpc) is 3.16. The first kappa shape index (κ1) is 14.5. The van der Waals surface area contributed by atoms with Gasteiger partial charge in [-0.2, -0.15) is 0 Å². The molecule has 1 atom stereocenters. The third-order valence-corrected chi connectivity index (χ3v) is 4.67. The summed E-state index contributed by atoms with van der Waals surface area (Å²) in [6.45, 7) is 3.95. The van der Waals surface area contributed by atoms with Gasteiger partial charge in [-0.15, -0.1) is 10.2 Å². The summed E-state index contributed by atoms with van der Waals surface area (Å²) in [5.41, 5.74) is 0.990. The van der Waals surface area contributed by atoms with Crippen LogP contribution in [0.3, 0.4) is 0 Å². The molecule has 6 nitrogen and oxygen atoms in total. The molecule has 0 fully saturated rings. The quantitative estimate of drug-likeness (QED) is 0.842. The molecule has 4 rings (SSSR count). The van der Waals surface area contributed by atoms with Gasteiger partial charge >= 0.3 is 0 Å². The Morgan fingerprint density at radius 3 is 3.09 bits per heavy atom. The zero-order valence-corrected chi connectivity index (χ0v) is 13.6. The monoisotopic (exact) mass is 332 g/mol. The van der Waals surface area contributed by atoms with Gasteiger partial charge in [0.25, 0.3) is 5.91 Å². The number of fused-ring (bicyclic) bond motifs is 2. The molecule has 7 heteroatoms. The van der Waals surface area contributed by atoms with Crippen LogP contribution in [-0.4, -0.2) is 38.2 Å². The lowest BCUT2D eigenvalue weighted by Gasteiger charge is -2.29. The average molecular weight is 333 g/mol. The number of ether oxygens (including phenoxy) is 1. The molecular weight excluding hydrogens is 316 g/mol. The molecule has 1 aromatic heterocycles. The molecule has 2 aromatic rings. The smallest absolute Gasteiger partial charge is 0.264 e. The maximum atomic E-state index is 12.8. The van der Waals surface area contributed by atoms with Crippen LogP contribution >= 0.6 is 11.6 Å². The van der Waals surface area contributed by atoms with Crippen molar-refractivity contribution in [2.75, 3.05) is 6.54 Å². The van der Waals surface area contributed by atoms with E-state index in [9.17, 15) is 4.79 Å². The van der Waals surface area contributed by atoms with Crippen LogP contribution in [0.2, 0.25) is 5.02 Å². The molecule has 0 bridgehead atoms. The number of aromatic nitrogens is 3. The number of benzene rings is 1. The molecule has 2 aliphatic heterocycles. The Hall–Kier alpha value is -2.08. The number of nitrogens with zero attached hydrogens (tertiary/aromatic N) is 4. The third-order valence-electron chi connectivity index (χ3n) is 4.43. The minimum Gasteiger partial charge on any atom is -0.480 e. The molecule has 0 radical (unpaired) electrons. The van der Waals surface area contributed by atoms with Crippen molar-refractivity contribution >= 4 is 17.5 Å². The molecule has 2 aliphatic rings. The van der Waals surface area contributed by atoms with Crippen LogP contribution in [0.25, 0.3) is 0 Å². The summed E-state index contributed by atoms with van der Waals surface area (Å²) in [7, 11) is 0. The van der Waals surface area contributed by atoms with E-state index in [2.05, 4.69) is 21.7 Å². The van der Waals surface area contributed by atoms with E-state index in [4.69, 9.17) is 16.3 Å². The third kappa shape index (κ3) is 2.47. The van der Waals surface area contributed by atoms with Crippen molar-refractivity contribution < 1.29 is 9.53 Å². The summed E-state index contributed by atoms with van der Waals surface area (Å²) in [6.07, 6.45) is 0.949. The molecule has 0 unspecified atom stereocenters. The lowest BCUT2D eigenvalue weighted by Crippen LogP contribution is -2.45. The van der Waals surface area contributed by atoms with Crippen LogP contribution in [0.15, 0.2) is 18.2 Å². The Morgan fingerprint density at radius 2 is 2.26 bits per heavy atom. The molecule has 0 aliphatic carbocycles. The first-order valence-electron chi connectivity index (χ1n) is 7.80. The summed E-state index contributed by atoms with van der Waals surface area (Å²) in [5, 5.41) is 9.04. The normalized spacial score (nSPS) is 19.2. The Balaban J connectivity index is 1.49. The summed E-state index contributed by atoms with van der Waals surface area (Å²) in [5.74, 6) is 2.58. The first-order chi connectivity index (χ1) is 11.2. The Labute approximate surface area is 139 Å².